The van der Waals surface area contributed by atoms with Crippen molar-refractivity contribution in [3.05, 3.63) is 0 Å². The Kier molecular flexibility index (Phi) is 4.11. The van der Waals surface area contributed by atoms with Gasteiger partial charge in [-0.3, -0.25) is 0 Å². The Balaban J connectivity index is 2.13. The first-order valence-corrected chi connectivity index (χ1v) is 5.70. The van der Waals surface area contributed by atoms with Gasteiger partial charge in [-0.05, 0) is 17.8 Å². The smallest absolute Gasteiger partial charge is 0.0388 e. The monoisotopic (exact) mass is 168 g/mol. The van der Waals surface area contributed by atoms with Crippen molar-refractivity contribution in [3.63, 3.8) is 0 Å². The van der Waals surface area contributed by atoms with Crippen LogP contribution in [0.1, 0.15) is 59.3 Å². The van der Waals surface area contributed by atoms with Gasteiger partial charge in [-0.2, -0.15) is 0 Å². The Morgan fingerprint density at radius 2 is 1.58 bits per heavy atom. The lowest BCUT2D eigenvalue weighted by Crippen LogP contribution is -2.08. The first kappa shape index (κ1) is 10.1. The maximum atomic E-state index is 2.46. The fraction of sp³-hybridized carbons (Fsp3) is 1.00. The third kappa shape index (κ3) is 3.16. The van der Waals surface area contributed by atoms with Gasteiger partial charge in [0.05, 0.1) is 0 Å². The Morgan fingerprint density at radius 1 is 1.00 bits per heavy atom. The van der Waals surface area contributed by atoms with Crippen LogP contribution in [0.3, 0.4) is 0 Å². The molecule has 1 atom stereocenters. The Bertz CT molecular complexity index is 109. The van der Waals surface area contributed by atoms with Gasteiger partial charge in [0.2, 0.25) is 0 Å². The molecule has 0 N–H and O–H groups in total. The molecule has 1 rings (SSSR count). The fourth-order valence-corrected chi connectivity index (χ4v) is 2.36. The molecule has 0 aromatic heterocycles. The molecular formula is C12H24. The largest absolute Gasteiger partial charge is 0.0628 e. The summed E-state index contributed by atoms with van der Waals surface area (Å²) in [6, 6.07) is 0. The van der Waals surface area contributed by atoms with E-state index < -0.39 is 0 Å². The lowest BCUT2D eigenvalue weighted by molar-refractivity contribution is 0.322. The molecule has 1 fully saturated rings. The van der Waals surface area contributed by atoms with Crippen LogP contribution in [-0.2, 0) is 0 Å². The van der Waals surface area contributed by atoms with Crippen molar-refractivity contribution in [3.8, 4) is 0 Å². The van der Waals surface area contributed by atoms with Crippen molar-refractivity contribution in [2.45, 2.75) is 59.3 Å². The molecule has 0 bridgehead atoms. The van der Waals surface area contributed by atoms with E-state index >= 15 is 0 Å². The molecule has 0 amide bonds. The third-order valence-electron chi connectivity index (χ3n) is 3.40. The lowest BCUT2D eigenvalue weighted by atomic mass is 9.87. The van der Waals surface area contributed by atoms with E-state index in [1.807, 2.05) is 0 Å². The van der Waals surface area contributed by atoms with Crippen LogP contribution in [0, 0.1) is 17.8 Å². The van der Waals surface area contributed by atoms with Gasteiger partial charge in [-0.15, -0.1) is 0 Å². The topological polar surface area (TPSA) is 0 Å². The van der Waals surface area contributed by atoms with Gasteiger partial charge in [0.25, 0.3) is 0 Å². The Labute approximate surface area is 77.7 Å². The molecule has 0 aromatic rings. The van der Waals surface area contributed by atoms with Crippen LogP contribution in [0.2, 0.25) is 0 Å². The van der Waals surface area contributed by atoms with Crippen LogP contribution in [0.15, 0.2) is 0 Å². The zero-order valence-corrected chi connectivity index (χ0v) is 8.97. The minimum atomic E-state index is 0.897. The predicted octanol–water partition coefficient (Wildman–Crippen LogP) is 4.25. The molecule has 0 heteroatoms. The molecule has 1 aliphatic carbocycles. The normalized spacial score (nSPS) is 22.0. The van der Waals surface area contributed by atoms with Crippen LogP contribution in [-0.4, -0.2) is 0 Å². The third-order valence-corrected chi connectivity index (χ3v) is 3.40. The molecule has 72 valence electrons. The quantitative estimate of drug-likeness (QED) is 0.588. The summed E-state index contributed by atoms with van der Waals surface area (Å²) in [5.74, 6) is 2.97. The summed E-state index contributed by atoms with van der Waals surface area (Å²) in [6.45, 7) is 7.13. The summed E-state index contributed by atoms with van der Waals surface area (Å²) in [7, 11) is 0. The summed E-state index contributed by atoms with van der Waals surface area (Å²) in [4.78, 5) is 0. The first-order valence-electron chi connectivity index (χ1n) is 5.70. The molecular weight excluding hydrogens is 144 g/mol. The van der Waals surface area contributed by atoms with Crippen LogP contribution >= 0.6 is 0 Å². The Morgan fingerprint density at radius 3 is 2.08 bits per heavy atom. The number of rotatable bonds is 4. The standard InChI is InChI=1S/C12H24/c1-10(2)8-9-11(3)12-6-4-5-7-12/h10-12H,4-9H2,1-3H3. The van der Waals surface area contributed by atoms with Gasteiger partial charge in [0, 0.05) is 0 Å². The summed E-state index contributed by atoms with van der Waals surface area (Å²) in [5, 5.41) is 0. The predicted molar refractivity (Wildman–Crippen MR) is 55.2 cm³/mol. The van der Waals surface area contributed by atoms with Crippen LogP contribution in [0.25, 0.3) is 0 Å². The average Bonchev–Trinajstić information content (AvgIpc) is 2.51. The summed E-state index contributed by atoms with van der Waals surface area (Å²) in [5.41, 5.74) is 0. The van der Waals surface area contributed by atoms with Crippen molar-refractivity contribution < 1.29 is 0 Å². The van der Waals surface area contributed by atoms with Gasteiger partial charge < -0.3 is 0 Å². The van der Waals surface area contributed by atoms with Crippen LogP contribution in [0.5, 0.6) is 0 Å². The maximum absolute atomic E-state index is 2.46. The highest BCUT2D eigenvalue weighted by atomic mass is 14.3. The second-order valence-corrected chi connectivity index (χ2v) is 4.99. The molecule has 0 saturated heterocycles. The van der Waals surface area contributed by atoms with E-state index in [0.717, 1.165) is 17.8 Å². The average molecular weight is 168 g/mol. The SMILES string of the molecule is CC(C)CCC(C)C1CCCC1. The molecule has 0 nitrogen and oxygen atoms in total. The highest BCUT2D eigenvalue weighted by Crippen LogP contribution is 2.33. The highest BCUT2D eigenvalue weighted by Gasteiger charge is 2.20. The molecule has 12 heavy (non-hydrogen) atoms. The van der Waals surface area contributed by atoms with Crippen LogP contribution in [0.4, 0.5) is 0 Å². The zero-order chi connectivity index (χ0) is 8.97. The number of hydrogen-bond donors (Lipinski definition) is 0. The van der Waals surface area contributed by atoms with Gasteiger partial charge in [0.1, 0.15) is 0 Å². The van der Waals surface area contributed by atoms with Gasteiger partial charge in [0.15, 0.2) is 0 Å². The van der Waals surface area contributed by atoms with E-state index in [9.17, 15) is 0 Å². The molecule has 0 radical (unpaired) electrons. The molecule has 1 unspecified atom stereocenters. The van der Waals surface area contributed by atoms with E-state index in [1.54, 1.807) is 0 Å². The maximum Gasteiger partial charge on any atom is -0.0388 e. The van der Waals surface area contributed by atoms with E-state index in [-0.39, 0.29) is 0 Å². The molecule has 0 aliphatic heterocycles. The van der Waals surface area contributed by atoms with Crippen molar-refractivity contribution in [2.75, 3.05) is 0 Å². The van der Waals surface area contributed by atoms with Crippen LogP contribution < -0.4 is 0 Å². The molecule has 1 saturated carbocycles. The first-order chi connectivity index (χ1) is 5.70. The van der Waals surface area contributed by atoms with E-state index in [2.05, 4.69) is 20.8 Å². The van der Waals surface area contributed by atoms with Gasteiger partial charge in [-0.25, -0.2) is 0 Å². The second kappa shape index (κ2) is 4.89. The van der Waals surface area contributed by atoms with Crippen molar-refractivity contribution in [1.29, 1.82) is 0 Å². The van der Waals surface area contributed by atoms with E-state index in [4.69, 9.17) is 0 Å². The highest BCUT2D eigenvalue weighted by molar-refractivity contribution is 4.72. The van der Waals surface area contributed by atoms with Crippen molar-refractivity contribution >= 4 is 0 Å². The molecule has 0 heterocycles. The van der Waals surface area contributed by atoms with Gasteiger partial charge >= 0.3 is 0 Å². The summed E-state index contributed by atoms with van der Waals surface area (Å²) >= 11 is 0. The number of hydrogen-bond acceptors (Lipinski definition) is 0. The molecule has 1 aliphatic rings. The van der Waals surface area contributed by atoms with E-state index in [0.29, 0.717) is 0 Å². The van der Waals surface area contributed by atoms with Crippen molar-refractivity contribution in [1.82, 2.24) is 0 Å². The molecule has 0 aromatic carbocycles. The second-order valence-electron chi connectivity index (χ2n) is 4.99. The minimum Gasteiger partial charge on any atom is -0.0628 e. The van der Waals surface area contributed by atoms with Crippen molar-refractivity contribution in [2.24, 2.45) is 17.8 Å². The summed E-state index contributed by atoms with van der Waals surface area (Å²) < 4.78 is 0. The summed E-state index contributed by atoms with van der Waals surface area (Å²) in [6.07, 6.45) is 8.91. The fourth-order valence-electron chi connectivity index (χ4n) is 2.36. The Hall–Kier alpha value is 0. The minimum absolute atomic E-state index is 0.897. The molecule has 0 spiro atoms. The van der Waals surface area contributed by atoms with E-state index in [1.165, 1.54) is 38.5 Å². The zero-order valence-electron chi connectivity index (χ0n) is 8.97. The lowest BCUT2D eigenvalue weighted by Gasteiger charge is -2.19. The van der Waals surface area contributed by atoms with Gasteiger partial charge in [-0.1, -0.05) is 59.3 Å².